The van der Waals surface area contributed by atoms with Gasteiger partial charge in [0.25, 0.3) is 5.91 Å². The molecule has 6 nitrogen and oxygen atoms in total. The maximum atomic E-state index is 13.6. The number of carbonyl (C=O) groups is 2. The van der Waals surface area contributed by atoms with Gasteiger partial charge in [-0.05, 0) is 30.3 Å². The second kappa shape index (κ2) is 8.69. The first-order chi connectivity index (χ1) is 13.0. The Labute approximate surface area is 161 Å². The van der Waals surface area contributed by atoms with Gasteiger partial charge in [0.1, 0.15) is 11.6 Å². The van der Waals surface area contributed by atoms with E-state index >= 15 is 0 Å². The van der Waals surface area contributed by atoms with Crippen molar-refractivity contribution in [2.45, 2.75) is 4.34 Å². The van der Waals surface area contributed by atoms with Crippen LogP contribution in [0.3, 0.4) is 0 Å². The van der Waals surface area contributed by atoms with Gasteiger partial charge in [0.2, 0.25) is 11.0 Å². The van der Waals surface area contributed by atoms with Crippen molar-refractivity contribution in [3.63, 3.8) is 0 Å². The van der Waals surface area contributed by atoms with Crippen molar-refractivity contribution in [1.29, 1.82) is 0 Å². The van der Waals surface area contributed by atoms with E-state index in [4.69, 9.17) is 0 Å². The number of anilines is 2. The predicted octanol–water partition coefficient (Wildman–Crippen LogP) is 3.80. The molecule has 10 heteroatoms. The summed E-state index contributed by atoms with van der Waals surface area (Å²) in [7, 11) is 0. The van der Waals surface area contributed by atoms with E-state index in [9.17, 15) is 18.4 Å². The van der Waals surface area contributed by atoms with Gasteiger partial charge < -0.3 is 5.32 Å². The Bertz CT molecular complexity index is 981. The van der Waals surface area contributed by atoms with E-state index in [0.29, 0.717) is 10.0 Å². The highest BCUT2D eigenvalue weighted by Gasteiger charge is 2.14. The molecule has 138 valence electrons. The Hall–Kier alpha value is -2.85. The van der Waals surface area contributed by atoms with Gasteiger partial charge in [0, 0.05) is 5.69 Å². The molecule has 0 fully saturated rings. The molecule has 1 aromatic heterocycles. The molecule has 0 bridgehead atoms. The number of carbonyl (C=O) groups excluding carboxylic acids is 2. The van der Waals surface area contributed by atoms with Crippen LogP contribution in [0.4, 0.5) is 19.6 Å². The average Bonchev–Trinajstić information content (AvgIpc) is 3.08. The second-order valence-corrected chi connectivity index (χ2v) is 7.35. The zero-order chi connectivity index (χ0) is 19.2. The lowest BCUT2D eigenvalue weighted by Gasteiger charge is -2.03. The molecule has 0 aliphatic heterocycles. The highest BCUT2D eigenvalue weighted by molar-refractivity contribution is 8.01. The lowest BCUT2D eigenvalue weighted by molar-refractivity contribution is -0.113. The third-order valence-electron chi connectivity index (χ3n) is 3.18. The quantitative estimate of drug-likeness (QED) is 0.481. The Morgan fingerprint density at radius 1 is 1.04 bits per heavy atom. The Morgan fingerprint density at radius 3 is 2.63 bits per heavy atom. The van der Waals surface area contributed by atoms with E-state index in [1.807, 2.05) is 0 Å². The zero-order valence-electron chi connectivity index (χ0n) is 13.6. The minimum Gasteiger partial charge on any atom is -0.325 e. The van der Waals surface area contributed by atoms with Gasteiger partial charge in [-0.25, -0.2) is 8.78 Å². The minimum atomic E-state index is -0.636. The van der Waals surface area contributed by atoms with Gasteiger partial charge in [0.05, 0.1) is 11.3 Å². The molecule has 0 atom stereocenters. The van der Waals surface area contributed by atoms with Crippen molar-refractivity contribution >= 4 is 45.7 Å². The molecule has 0 aliphatic carbocycles. The SMILES string of the molecule is O=C(CSc1nnc(NC(=O)c2ccccc2F)s1)Nc1cccc(F)c1. The van der Waals surface area contributed by atoms with Crippen LogP contribution in [0.2, 0.25) is 0 Å². The summed E-state index contributed by atoms with van der Waals surface area (Å²) < 4.78 is 27.1. The van der Waals surface area contributed by atoms with E-state index in [-0.39, 0.29) is 22.4 Å². The van der Waals surface area contributed by atoms with Crippen molar-refractivity contribution in [3.05, 3.63) is 65.7 Å². The summed E-state index contributed by atoms with van der Waals surface area (Å²) in [4.78, 5) is 23.9. The molecule has 0 saturated heterocycles. The molecule has 3 aromatic rings. The maximum absolute atomic E-state index is 13.6. The number of halogens is 2. The standard InChI is InChI=1S/C17H12F2N4O2S2/c18-10-4-3-5-11(8-10)20-14(24)9-26-17-23-22-16(27-17)21-15(25)12-6-1-2-7-13(12)19/h1-8H,9H2,(H,20,24)(H,21,22,25). The number of hydrogen-bond acceptors (Lipinski definition) is 6. The predicted molar refractivity (Wildman–Crippen MR) is 100 cm³/mol. The van der Waals surface area contributed by atoms with Crippen molar-refractivity contribution < 1.29 is 18.4 Å². The first-order valence-corrected chi connectivity index (χ1v) is 9.39. The van der Waals surface area contributed by atoms with Gasteiger partial charge >= 0.3 is 0 Å². The van der Waals surface area contributed by atoms with Crippen LogP contribution in [0.15, 0.2) is 52.9 Å². The highest BCUT2D eigenvalue weighted by Crippen LogP contribution is 2.26. The number of thioether (sulfide) groups is 1. The fourth-order valence-corrected chi connectivity index (χ4v) is 3.57. The fourth-order valence-electron chi connectivity index (χ4n) is 2.02. The molecule has 27 heavy (non-hydrogen) atoms. The van der Waals surface area contributed by atoms with Crippen LogP contribution in [0.1, 0.15) is 10.4 Å². The number of nitrogens with one attached hydrogen (secondary N) is 2. The molecule has 2 N–H and O–H groups in total. The summed E-state index contributed by atoms with van der Waals surface area (Å²) >= 11 is 2.17. The zero-order valence-corrected chi connectivity index (χ0v) is 15.2. The number of benzene rings is 2. The summed E-state index contributed by atoms with van der Waals surface area (Å²) in [5.41, 5.74) is 0.257. The highest BCUT2D eigenvalue weighted by atomic mass is 32.2. The molecule has 2 aromatic carbocycles. The molecule has 1 heterocycles. The second-order valence-electron chi connectivity index (χ2n) is 5.15. The summed E-state index contributed by atoms with van der Waals surface area (Å²) in [6, 6.07) is 11.1. The van der Waals surface area contributed by atoms with E-state index < -0.39 is 17.5 Å². The molecular weight excluding hydrogens is 394 g/mol. The Kier molecular flexibility index (Phi) is 6.09. The van der Waals surface area contributed by atoms with Crippen LogP contribution >= 0.6 is 23.1 Å². The lowest BCUT2D eigenvalue weighted by atomic mass is 10.2. The number of nitrogens with zero attached hydrogens (tertiary/aromatic N) is 2. The molecule has 0 aliphatic rings. The first kappa shape index (κ1) is 18.9. The molecular formula is C17H12F2N4O2S2. The largest absolute Gasteiger partial charge is 0.325 e. The number of rotatable bonds is 6. The third kappa shape index (κ3) is 5.31. The molecule has 0 radical (unpaired) electrons. The monoisotopic (exact) mass is 406 g/mol. The minimum absolute atomic E-state index is 0.0341. The van der Waals surface area contributed by atoms with Gasteiger partial charge in [-0.1, -0.05) is 41.3 Å². The lowest BCUT2D eigenvalue weighted by Crippen LogP contribution is -2.13. The number of hydrogen-bond donors (Lipinski definition) is 2. The fraction of sp³-hybridized carbons (Fsp3) is 0.0588. The molecule has 2 amide bonds. The number of aromatic nitrogens is 2. The van der Waals surface area contributed by atoms with Crippen LogP contribution in [0.25, 0.3) is 0 Å². The summed E-state index contributed by atoms with van der Waals surface area (Å²) in [5.74, 6) is -2.02. The topological polar surface area (TPSA) is 84.0 Å². The van der Waals surface area contributed by atoms with Crippen LogP contribution in [-0.4, -0.2) is 27.8 Å². The average molecular weight is 406 g/mol. The van der Waals surface area contributed by atoms with E-state index in [1.165, 1.54) is 36.4 Å². The van der Waals surface area contributed by atoms with Gasteiger partial charge in [-0.3, -0.25) is 14.9 Å². The maximum Gasteiger partial charge on any atom is 0.260 e. The van der Waals surface area contributed by atoms with Crippen molar-refractivity contribution in [2.75, 3.05) is 16.4 Å². The van der Waals surface area contributed by atoms with Crippen LogP contribution in [0, 0.1) is 11.6 Å². The first-order valence-electron chi connectivity index (χ1n) is 7.59. The Morgan fingerprint density at radius 2 is 1.85 bits per heavy atom. The van der Waals surface area contributed by atoms with E-state index in [2.05, 4.69) is 20.8 Å². The molecule has 0 unspecified atom stereocenters. The van der Waals surface area contributed by atoms with Crippen molar-refractivity contribution in [3.8, 4) is 0 Å². The van der Waals surface area contributed by atoms with Crippen LogP contribution < -0.4 is 10.6 Å². The molecule has 3 rings (SSSR count). The molecule has 0 spiro atoms. The summed E-state index contributed by atoms with van der Waals surface area (Å²) in [6.45, 7) is 0. The van der Waals surface area contributed by atoms with Crippen LogP contribution in [-0.2, 0) is 4.79 Å². The van der Waals surface area contributed by atoms with Crippen molar-refractivity contribution in [2.24, 2.45) is 0 Å². The summed E-state index contributed by atoms with van der Waals surface area (Å²) in [6.07, 6.45) is 0. The van der Waals surface area contributed by atoms with Gasteiger partial charge in [-0.2, -0.15) is 0 Å². The van der Waals surface area contributed by atoms with Gasteiger partial charge in [0.15, 0.2) is 4.34 Å². The third-order valence-corrected chi connectivity index (χ3v) is 5.15. The normalized spacial score (nSPS) is 10.4. The smallest absolute Gasteiger partial charge is 0.260 e. The number of amides is 2. The van der Waals surface area contributed by atoms with Crippen molar-refractivity contribution in [1.82, 2.24) is 10.2 Å². The van der Waals surface area contributed by atoms with Crippen LogP contribution in [0.5, 0.6) is 0 Å². The van der Waals surface area contributed by atoms with E-state index in [0.717, 1.165) is 23.1 Å². The van der Waals surface area contributed by atoms with E-state index in [1.54, 1.807) is 12.1 Å². The Balaban J connectivity index is 1.53. The summed E-state index contributed by atoms with van der Waals surface area (Å²) in [5, 5.41) is 12.9. The van der Waals surface area contributed by atoms with Gasteiger partial charge in [-0.15, -0.1) is 10.2 Å². The molecule has 0 saturated carbocycles.